The first kappa shape index (κ1) is 16.4. The van der Waals surface area contributed by atoms with E-state index in [1.54, 1.807) is 4.31 Å². The molecule has 5 nitrogen and oxygen atoms in total. The molecule has 118 valence electrons. The lowest BCUT2D eigenvalue weighted by Gasteiger charge is -2.33. The number of rotatable bonds is 5. The predicted octanol–water partition coefficient (Wildman–Crippen LogP) is 1.46. The maximum Gasteiger partial charge on any atom is 0.279 e. The van der Waals surface area contributed by atoms with Gasteiger partial charge in [0, 0.05) is 26.2 Å². The van der Waals surface area contributed by atoms with Gasteiger partial charge in [-0.15, -0.1) is 0 Å². The fourth-order valence-corrected chi connectivity index (χ4v) is 4.29. The second-order valence-corrected chi connectivity index (χ2v) is 7.87. The Morgan fingerprint density at radius 2 is 1.67 bits per heavy atom. The van der Waals surface area contributed by atoms with Crippen molar-refractivity contribution in [2.45, 2.75) is 33.4 Å². The Balaban J connectivity index is 1.97. The molecule has 1 aliphatic rings. The Hall–Kier alpha value is -0.950. The van der Waals surface area contributed by atoms with Gasteiger partial charge in [-0.3, -0.25) is 0 Å². The van der Waals surface area contributed by atoms with Crippen molar-refractivity contribution in [2.24, 2.45) is 17.6 Å². The van der Waals surface area contributed by atoms with Crippen LogP contribution in [0.2, 0.25) is 0 Å². The molecule has 1 fully saturated rings. The van der Waals surface area contributed by atoms with Crippen LogP contribution < -0.4 is 10.5 Å². The first-order chi connectivity index (χ1) is 9.90. The largest absolute Gasteiger partial charge is 0.326 e. The Morgan fingerprint density at radius 3 is 2.19 bits per heavy atom. The van der Waals surface area contributed by atoms with Gasteiger partial charge in [0.2, 0.25) is 0 Å². The maximum atomic E-state index is 12.4. The van der Waals surface area contributed by atoms with Gasteiger partial charge in [-0.2, -0.15) is 17.4 Å². The molecule has 1 aliphatic heterocycles. The third kappa shape index (κ3) is 4.51. The Morgan fingerprint density at radius 1 is 1.14 bits per heavy atom. The normalized spacial score (nSPS) is 24.1. The minimum Gasteiger partial charge on any atom is -0.326 e. The molecule has 1 aromatic rings. The lowest BCUT2D eigenvalue weighted by molar-refractivity contribution is 0.220. The average Bonchev–Trinajstić information content (AvgIpc) is 2.45. The quantitative estimate of drug-likeness (QED) is 0.864. The molecule has 0 spiro atoms. The second kappa shape index (κ2) is 6.87. The molecule has 1 saturated heterocycles. The second-order valence-electron chi connectivity index (χ2n) is 6.11. The molecule has 0 amide bonds. The van der Waals surface area contributed by atoms with Crippen LogP contribution >= 0.6 is 0 Å². The fourth-order valence-electron chi connectivity index (χ4n) is 2.86. The first-order valence-corrected chi connectivity index (χ1v) is 8.87. The highest BCUT2D eigenvalue weighted by atomic mass is 32.2. The summed E-state index contributed by atoms with van der Waals surface area (Å²) >= 11 is 0. The molecule has 1 heterocycles. The summed E-state index contributed by atoms with van der Waals surface area (Å²) in [5.74, 6) is 0.823. The minimum atomic E-state index is -3.40. The number of nitrogens with two attached hydrogens (primary N) is 1. The topological polar surface area (TPSA) is 75.4 Å². The SMILES string of the molecule is CC1CC(C)CN(S(=O)(=O)NCc2ccc(CN)cc2)C1. The standard InChI is InChI=1S/C15H25N3O2S/c1-12-7-13(2)11-18(10-12)21(19,20)17-9-15-5-3-14(8-16)4-6-15/h3-6,12-13,17H,7-11,16H2,1-2H3. The molecule has 1 aromatic carbocycles. The first-order valence-electron chi connectivity index (χ1n) is 7.43. The summed E-state index contributed by atoms with van der Waals surface area (Å²) in [7, 11) is -3.40. The van der Waals surface area contributed by atoms with Crippen molar-refractivity contribution in [1.29, 1.82) is 0 Å². The van der Waals surface area contributed by atoms with Crippen LogP contribution in [0, 0.1) is 11.8 Å². The summed E-state index contributed by atoms with van der Waals surface area (Å²) in [5.41, 5.74) is 7.53. The molecule has 0 bridgehead atoms. The van der Waals surface area contributed by atoms with Crippen molar-refractivity contribution < 1.29 is 8.42 Å². The van der Waals surface area contributed by atoms with E-state index in [4.69, 9.17) is 5.73 Å². The summed E-state index contributed by atoms with van der Waals surface area (Å²) in [5, 5.41) is 0. The zero-order chi connectivity index (χ0) is 15.5. The molecule has 2 rings (SSSR count). The van der Waals surface area contributed by atoms with Crippen LogP contribution in [0.3, 0.4) is 0 Å². The van der Waals surface area contributed by atoms with Crippen LogP contribution in [-0.4, -0.2) is 25.8 Å². The van der Waals surface area contributed by atoms with Gasteiger partial charge in [0.25, 0.3) is 10.2 Å². The molecule has 3 N–H and O–H groups in total. The van der Waals surface area contributed by atoms with Crippen molar-refractivity contribution in [1.82, 2.24) is 9.03 Å². The van der Waals surface area contributed by atoms with Gasteiger partial charge in [0.15, 0.2) is 0 Å². The number of nitrogens with zero attached hydrogens (tertiary/aromatic N) is 1. The van der Waals surface area contributed by atoms with Crippen LogP contribution in [-0.2, 0) is 23.3 Å². The lowest BCUT2D eigenvalue weighted by Crippen LogP contribution is -2.47. The molecule has 2 unspecified atom stereocenters. The molecule has 0 aliphatic carbocycles. The Kier molecular flexibility index (Phi) is 5.37. The van der Waals surface area contributed by atoms with Crippen LogP contribution in [0.5, 0.6) is 0 Å². The van der Waals surface area contributed by atoms with E-state index >= 15 is 0 Å². The Labute approximate surface area is 127 Å². The number of nitrogens with one attached hydrogen (secondary N) is 1. The van der Waals surface area contributed by atoms with Crippen molar-refractivity contribution in [3.8, 4) is 0 Å². The average molecular weight is 311 g/mol. The van der Waals surface area contributed by atoms with Gasteiger partial charge in [-0.25, -0.2) is 0 Å². The molecule has 0 saturated carbocycles. The van der Waals surface area contributed by atoms with E-state index in [1.807, 2.05) is 24.3 Å². The van der Waals surface area contributed by atoms with Crippen LogP contribution in [0.25, 0.3) is 0 Å². The molecule has 6 heteroatoms. The van der Waals surface area contributed by atoms with Gasteiger partial charge < -0.3 is 5.73 Å². The van der Waals surface area contributed by atoms with Crippen molar-refractivity contribution in [3.63, 3.8) is 0 Å². The van der Waals surface area contributed by atoms with Gasteiger partial charge in [0.05, 0.1) is 0 Å². The van der Waals surface area contributed by atoms with E-state index in [0.717, 1.165) is 17.5 Å². The van der Waals surface area contributed by atoms with Crippen LogP contribution in [0.4, 0.5) is 0 Å². The van der Waals surface area contributed by atoms with Crippen molar-refractivity contribution >= 4 is 10.2 Å². The van der Waals surface area contributed by atoms with E-state index in [1.165, 1.54) is 0 Å². The predicted molar refractivity (Wildman–Crippen MR) is 84.6 cm³/mol. The van der Waals surface area contributed by atoms with Crippen molar-refractivity contribution in [2.75, 3.05) is 13.1 Å². The van der Waals surface area contributed by atoms with Gasteiger partial charge in [-0.1, -0.05) is 38.1 Å². The lowest BCUT2D eigenvalue weighted by atomic mass is 9.94. The van der Waals surface area contributed by atoms with E-state index in [0.29, 0.717) is 38.0 Å². The highest BCUT2D eigenvalue weighted by Crippen LogP contribution is 2.22. The van der Waals surface area contributed by atoms with Gasteiger partial charge >= 0.3 is 0 Å². The third-order valence-corrected chi connectivity index (χ3v) is 5.38. The molecule has 2 atom stereocenters. The zero-order valence-corrected chi connectivity index (χ0v) is 13.6. The molecule has 21 heavy (non-hydrogen) atoms. The molecule has 0 aromatic heterocycles. The third-order valence-electron chi connectivity index (χ3n) is 3.89. The number of benzene rings is 1. The summed E-state index contributed by atoms with van der Waals surface area (Å²) in [6, 6.07) is 7.67. The highest BCUT2D eigenvalue weighted by Gasteiger charge is 2.29. The smallest absolute Gasteiger partial charge is 0.279 e. The molecular formula is C15H25N3O2S. The Bertz CT molecular complexity index is 547. The fraction of sp³-hybridized carbons (Fsp3) is 0.600. The maximum absolute atomic E-state index is 12.4. The number of hydrogen-bond donors (Lipinski definition) is 2. The minimum absolute atomic E-state index is 0.312. The van der Waals surface area contributed by atoms with Crippen LogP contribution in [0.1, 0.15) is 31.4 Å². The summed E-state index contributed by atoms with van der Waals surface area (Å²) in [4.78, 5) is 0. The zero-order valence-electron chi connectivity index (χ0n) is 12.7. The number of piperidine rings is 1. The monoisotopic (exact) mass is 311 g/mol. The molecule has 0 radical (unpaired) electrons. The van der Waals surface area contributed by atoms with Crippen LogP contribution in [0.15, 0.2) is 24.3 Å². The van der Waals surface area contributed by atoms with Gasteiger partial charge in [-0.05, 0) is 29.4 Å². The van der Waals surface area contributed by atoms with E-state index < -0.39 is 10.2 Å². The van der Waals surface area contributed by atoms with E-state index in [2.05, 4.69) is 18.6 Å². The number of hydrogen-bond acceptors (Lipinski definition) is 3. The summed E-state index contributed by atoms with van der Waals surface area (Å²) in [6.07, 6.45) is 1.09. The summed E-state index contributed by atoms with van der Waals surface area (Å²) in [6.45, 7) is 6.22. The van der Waals surface area contributed by atoms with Crippen molar-refractivity contribution in [3.05, 3.63) is 35.4 Å². The molecular weight excluding hydrogens is 286 g/mol. The van der Waals surface area contributed by atoms with E-state index in [9.17, 15) is 8.42 Å². The highest BCUT2D eigenvalue weighted by molar-refractivity contribution is 7.87. The van der Waals surface area contributed by atoms with E-state index in [-0.39, 0.29) is 0 Å². The van der Waals surface area contributed by atoms with Gasteiger partial charge in [0.1, 0.15) is 0 Å². The summed E-state index contributed by atoms with van der Waals surface area (Å²) < 4.78 is 29.0.